The van der Waals surface area contributed by atoms with Crippen molar-refractivity contribution in [1.29, 1.82) is 0 Å². The normalized spacial score (nSPS) is 31.2. The van der Waals surface area contributed by atoms with Crippen molar-refractivity contribution in [3.8, 4) is 0 Å². The number of methoxy groups -OCH3 is 1. The Morgan fingerprint density at radius 1 is 1.26 bits per heavy atom. The fraction of sp³-hybridized carbons (Fsp3) is 0.938. The van der Waals surface area contributed by atoms with Crippen molar-refractivity contribution in [3.05, 3.63) is 0 Å². The van der Waals surface area contributed by atoms with Gasteiger partial charge < -0.3 is 9.64 Å². The molecule has 0 aromatic rings. The Labute approximate surface area is 117 Å². The molecule has 2 rings (SSSR count). The molecule has 0 aromatic carbocycles. The van der Waals surface area contributed by atoms with Crippen LogP contribution in [0.5, 0.6) is 0 Å². The predicted octanol–water partition coefficient (Wildman–Crippen LogP) is 3.37. The highest BCUT2D eigenvalue weighted by atomic mass is 16.5. The Balaban J connectivity index is 1.79. The molecule has 0 heterocycles. The van der Waals surface area contributed by atoms with E-state index >= 15 is 0 Å². The van der Waals surface area contributed by atoms with Crippen LogP contribution in [-0.4, -0.2) is 36.1 Å². The Morgan fingerprint density at radius 2 is 1.89 bits per heavy atom. The summed E-state index contributed by atoms with van der Waals surface area (Å²) < 4.78 is 5.57. The van der Waals surface area contributed by atoms with Crippen LogP contribution in [0.25, 0.3) is 0 Å². The van der Waals surface area contributed by atoms with Crippen LogP contribution in [0, 0.1) is 5.92 Å². The van der Waals surface area contributed by atoms with E-state index in [-0.39, 0.29) is 5.60 Å². The Hall–Kier alpha value is -0.570. The van der Waals surface area contributed by atoms with Crippen molar-refractivity contribution in [3.63, 3.8) is 0 Å². The lowest BCUT2D eigenvalue weighted by molar-refractivity contribution is -0.133. The number of carbonyl (C=O) groups excluding carboxylic acids is 1. The molecular formula is C16H29NO2. The minimum absolute atomic E-state index is 0.0547. The summed E-state index contributed by atoms with van der Waals surface area (Å²) in [5.74, 6) is 0.976. The van der Waals surface area contributed by atoms with Crippen molar-refractivity contribution in [2.24, 2.45) is 5.92 Å². The van der Waals surface area contributed by atoms with Gasteiger partial charge in [-0.3, -0.25) is 4.79 Å². The summed E-state index contributed by atoms with van der Waals surface area (Å²) in [5.41, 5.74) is 0.0547. The average Bonchev–Trinajstić information content (AvgIpc) is 3.23. The van der Waals surface area contributed by atoms with Crippen LogP contribution in [0.1, 0.15) is 65.2 Å². The van der Waals surface area contributed by atoms with Crippen molar-refractivity contribution < 1.29 is 9.53 Å². The first-order valence-electron chi connectivity index (χ1n) is 7.92. The fourth-order valence-electron chi connectivity index (χ4n) is 3.20. The summed E-state index contributed by atoms with van der Waals surface area (Å²) in [6.07, 6.45) is 8.75. The highest BCUT2D eigenvalue weighted by Crippen LogP contribution is 2.36. The van der Waals surface area contributed by atoms with Crippen molar-refractivity contribution in [2.45, 2.75) is 76.9 Å². The second-order valence-corrected chi connectivity index (χ2v) is 6.62. The van der Waals surface area contributed by atoms with Crippen LogP contribution in [0.15, 0.2) is 0 Å². The molecular weight excluding hydrogens is 238 g/mol. The van der Waals surface area contributed by atoms with E-state index in [0.29, 0.717) is 17.9 Å². The summed E-state index contributed by atoms with van der Waals surface area (Å²) in [6, 6.07) is 0.570. The standard InChI is InChI=1S/C16H29NO2/c1-4-11-17(14-5-6-14)15(18)12-13-7-9-16(2,19-3)10-8-13/h13-14H,4-12H2,1-3H3. The van der Waals surface area contributed by atoms with E-state index < -0.39 is 0 Å². The number of hydrogen-bond donors (Lipinski definition) is 0. The predicted molar refractivity (Wildman–Crippen MR) is 77.0 cm³/mol. The number of ether oxygens (including phenoxy) is 1. The van der Waals surface area contributed by atoms with E-state index in [1.165, 1.54) is 12.8 Å². The maximum Gasteiger partial charge on any atom is 0.223 e. The number of rotatable bonds is 6. The number of carbonyl (C=O) groups is 1. The molecule has 0 spiro atoms. The third kappa shape index (κ3) is 3.95. The van der Waals surface area contributed by atoms with Crippen LogP contribution in [-0.2, 0) is 9.53 Å². The molecule has 2 aliphatic carbocycles. The highest BCUT2D eigenvalue weighted by molar-refractivity contribution is 5.77. The van der Waals surface area contributed by atoms with Gasteiger partial charge in [0.15, 0.2) is 0 Å². The van der Waals surface area contributed by atoms with Crippen LogP contribution in [0.4, 0.5) is 0 Å². The molecule has 0 atom stereocenters. The van der Waals surface area contributed by atoms with Gasteiger partial charge in [0.2, 0.25) is 5.91 Å². The van der Waals surface area contributed by atoms with Gasteiger partial charge in [0.05, 0.1) is 5.60 Å². The molecule has 3 nitrogen and oxygen atoms in total. The summed E-state index contributed by atoms with van der Waals surface area (Å²) in [5, 5.41) is 0. The molecule has 0 aliphatic heterocycles. The van der Waals surface area contributed by atoms with Crippen LogP contribution in [0.2, 0.25) is 0 Å². The van der Waals surface area contributed by atoms with Gasteiger partial charge in [-0.15, -0.1) is 0 Å². The molecule has 0 radical (unpaired) electrons. The smallest absolute Gasteiger partial charge is 0.223 e. The van der Waals surface area contributed by atoms with Gasteiger partial charge in [0.25, 0.3) is 0 Å². The van der Waals surface area contributed by atoms with Gasteiger partial charge in [0.1, 0.15) is 0 Å². The third-order valence-corrected chi connectivity index (χ3v) is 4.89. The topological polar surface area (TPSA) is 29.5 Å². The van der Waals surface area contributed by atoms with Crippen molar-refractivity contribution in [2.75, 3.05) is 13.7 Å². The minimum Gasteiger partial charge on any atom is -0.379 e. The summed E-state index contributed by atoms with van der Waals surface area (Å²) in [7, 11) is 1.81. The monoisotopic (exact) mass is 267 g/mol. The zero-order valence-electron chi connectivity index (χ0n) is 12.8. The lowest BCUT2D eigenvalue weighted by Gasteiger charge is -2.36. The van der Waals surface area contributed by atoms with Gasteiger partial charge >= 0.3 is 0 Å². The van der Waals surface area contributed by atoms with E-state index in [4.69, 9.17) is 4.74 Å². The van der Waals surface area contributed by atoms with E-state index in [1.54, 1.807) is 0 Å². The highest BCUT2D eigenvalue weighted by Gasteiger charge is 2.35. The van der Waals surface area contributed by atoms with E-state index in [0.717, 1.165) is 45.1 Å². The molecule has 2 saturated carbocycles. The van der Waals surface area contributed by atoms with Gasteiger partial charge in [0, 0.05) is 26.1 Å². The van der Waals surface area contributed by atoms with E-state index in [9.17, 15) is 4.79 Å². The molecule has 0 bridgehead atoms. The van der Waals surface area contributed by atoms with Gasteiger partial charge in [-0.05, 0) is 57.8 Å². The first-order valence-corrected chi connectivity index (χ1v) is 7.92. The van der Waals surface area contributed by atoms with Crippen LogP contribution >= 0.6 is 0 Å². The average molecular weight is 267 g/mol. The molecule has 3 heteroatoms. The van der Waals surface area contributed by atoms with Gasteiger partial charge in [-0.1, -0.05) is 6.92 Å². The number of hydrogen-bond acceptors (Lipinski definition) is 2. The SMILES string of the molecule is CCCN(C(=O)CC1CCC(C)(OC)CC1)C1CC1. The minimum atomic E-state index is 0.0547. The summed E-state index contributed by atoms with van der Waals surface area (Å²) >= 11 is 0. The first kappa shape index (κ1) is 14.8. The fourth-order valence-corrected chi connectivity index (χ4v) is 3.20. The van der Waals surface area contributed by atoms with Crippen LogP contribution < -0.4 is 0 Å². The summed E-state index contributed by atoms with van der Waals surface area (Å²) in [4.78, 5) is 14.6. The zero-order valence-corrected chi connectivity index (χ0v) is 12.8. The molecule has 0 aromatic heterocycles. The van der Waals surface area contributed by atoms with E-state index in [2.05, 4.69) is 18.7 Å². The maximum absolute atomic E-state index is 12.4. The summed E-state index contributed by atoms with van der Waals surface area (Å²) in [6.45, 7) is 5.30. The first-order chi connectivity index (χ1) is 9.08. The Bertz CT molecular complexity index is 304. The molecule has 1 amide bonds. The molecule has 19 heavy (non-hydrogen) atoms. The molecule has 2 fully saturated rings. The second kappa shape index (κ2) is 6.25. The molecule has 0 saturated heterocycles. The van der Waals surface area contributed by atoms with E-state index in [1.807, 2.05) is 7.11 Å². The van der Waals surface area contributed by atoms with Gasteiger partial charge in [-0.25, -0.2) is 0 Å². The Morgan fingerprint density at radius 3 is 2.37 bits per heavy atom. The lowest BCUT2D eigenvalue weighted by atomic mass is 9.78. The van der Waals surface area contributed by atoms with Crippen molar-refractivity contribution in [1.82, 2.24) is 4.90 Å². The second-order valence-electron chi connectivity index (χ2n) is 6.62. The third-order valence-electron chi connectivity index (χ3n) is 4.89. The van der Waals surface area contributed by atoms with Crippen LogP contribution in [0.3, 0.4) is 0 Å². The maximum atomic E-state index is 12.4. The molecule has 0 unspecified atom stereocenters. The molecule has 110 valence electrons. The van der Waals surface area contributed by atoms with Crippen molar-refractivity contribution >= 4 is 5.91 Å². The largest absolute Gasteiger partial charge is 0.379 e. The molecule has 0 N–H and O–H groups in total. The number of nitrogens with zero attached hydrogens (tertiary/aromatic N) is 1. The molecule has 2 aliphatic rings. The lowest BCUT2D eigenvalue weighted by Crippen LogP contribution is -2.37. The number of amides is 1. The van der Waals surface area contributed by atoms with Gasteiger partial charge in [-0.2, -0.15) is 0 Å². The zero-order chi connectivity index (χ0) is 13.9. The quantitative estimate of drug-likeness (QED) is 0.738. The Kier molecular flexibility index (Phi) is 4.88.